The fourth-order valence-corrected chi connectivity index (χ4v) is 2.01. The largest absolute Gasteiger partial charge is 0.540 e. The maximum Gasteiger partial charge on any atom is 0.155 e. The summed E-state index contributed by atoms with van der Waals surface area (Å²) in [7, 11) is 1.56. The molecule has 0 aliphatic rings. The number of methoxy groups -OCH3 is 1. The van der Waals surface area contributed by atoms with Gasteiger partial charge in [0.1, 0.15) is 0 Å². The van der Waals surface area contributed by atoms with Gasteiger partial charge in [-0.3, -0.25) is 4.79 Å². The fraction of sp³-hybridized carbons (Fsp3) is 0.263. The van der Waals surface area contributed by atoms with Gasteiger partial charge in [0.2, 0.25) is 0 Å². The molecule has 1 heterocycles. The molecule has 2 aromatic rings. The van der Waals surface area contributed by atoms with Crippen LogP contribution in [0.15, 0.2) is 42.3 Å². The van der Waals surface area contributed by atoms with Gasteiger partial charge in [-0.05, 0) is 31.2 Å². The van der Waals surface area contributed by atoms with Gasteiger partial charge < -0.3 is 25.0 Å². The van der Waals surface area contributed by atoms with Crippen molar-refractivity contribution < 1.29 is 45.0 Å². The maximum atomic E-state index is 10.0. The van der Waals surface area contributed by atoms with Crippen molar-refractivity contribution in [3.8, 4) is 17.0 Å². The van der Waals surface area contributed by atoms with Crippen molar-refractivity contribution >= 4 is 5.78 Å². The smallest absolute Gasteiger partial charge is 0.155 e. The molecule has 6 nitrogen and oxygen atoms in total. The van der Waals surface area contributed by atoms with Crippen molar-refractivity contribution in [3.63, 3.8) is 0 Å². The molecular formula is C19H22IrNO5-. The summed E-state index contributed by atoms with van der Waals surface area (Å²) in [5.41, 5.74) is 2.85. The van der Waals surface area contributed by atoms with Crippen LogP contribution in [0.2, 0.25) is 0 Å². The second-order valence-electron chi connectivity index (χ2n) is 5.20. The van der Waals surface area contributed by atoms with Crippen LogP contribution in [0.5, 0.6) is 5.75 Å². The summed E-state index contributed by atoms with van der Waals surface area (Å²) in [6.07, 6.45) is 2.79. The van der Waals surface area contributed by atoms with E-state index in [4.69, 9.17) is 14.9 Å². The van der Waals surface area contributed by atoms with E-state index in [1.54, 1.807) is 37.6 Å². The molecular weight excluding hydrogens is 514 g/mol. The number of nitrogens with zero attached hydrogens (tertiary/aromatic N) is 1. The number of aliphatic hydroxyl groups is 3. The predicted octanol–water partition coefficient (Wildman–Crippen LogP) is 2.58. The third kappa shape index (κ3) is 7.89. The molecule has 7 heteroatoms. The number of allylic oxidation sites excluding steroid dienone is 2. The van der Waals surface area contributed by atoms with E-state index in [0.29, 0.717) is 22.6 Å². The van der Waals surface area contributed by atoms with Crippen molar-refractivity contribution in [2.75, 3.05) is 7.11 Å². The molecule has 0 amide bonds. The minimum absolute atomic E-state index is 0. The van der Waals surface area contributed by atoms with Gasteiger partial charge in [0, 0.05) is 44.7 Å². The molecule has 0 aliphatic carbocycles. The summed E-state index contributed by atoms with van der Waals surface area (Å²) in [5.74, 6) is 0.577. The van der Waals surface area contributed by atoms with Crippen LogP contribution in [0.25, 0.3) is 11.3 Å². The minimum Gasteiger partial charge on any atom is -0.540 e. The van der Waals surface area contributed by atoms with E-state index >= 15 is 0 Å². The summed E-state index contributed by atoms with van der Waals surface area (Å²) < 4.78 is 5.09. The zero-order valence-electron chi connectivity index (χ0n) is 14.8. The Kier molecular flexibility index (Phi) is 11.4. The SMILES string of the molecule is CC(=O)/C=C(/C)O.COc1c[c-]c(-c2cc(CO)ccn2)c(CO)c1.[Ir]. The number of hydrogen-bond donors (Lipinski definition) is 3. The molecule has 2 rings (SSSR count). The fourth-order valence-electron chi connectivity index (χ4n) is 2.01. The third-order valence-corrected chi connectivity index (χ3v) is 3.08. The molecule has 0 atom stereocenters. The summed E-state index contributed by atoms with van der Waals surface area (Å²) in [6, 6.07) is 10.0. The van der Waals surface area contributed by atoms with E-state index in [-0.39, 0.29) is 44.9 Å². The molecule has 0 spiro atoms. The van der Waals surface area contributed by atoms with Gasteiger partial charge in [0.05, 0.1) is 19.5 Å². The standard InChI is InChI=1S/C14H14NO3.C5H8O2.Ir/c1-18-12-2-3-13(11(7-12)9-17)14-6-10(8-16)4-5-15-14;1-4(6)3-5(2)7;/h2,4-7,16-17H,8-9H2,1H3;3,6H,1-2H3;/q-1;;/b;4-3-;. The molecule has 0 saturated heterocycles. The van der Waals surface area contributed by atoms with Crippen molar-refractivity contribution in [1.82, 2.24) is 4.98 Å². The van der Waals surface area contributed by atoms with Crippen molar-refractivity contribution in [2.45, 2.75) is 27.1 Å². The normalized spacial score (nSPS) is 10.3. The Bertz CT molecular complexity index is 742. The molecule has 1 radical (unpaired) electrons. The first-order chi connectivity index (χ1) is 11.9. The van der Waals surface area contributed by atoms with Crippen LogP contribution in [0.1, 0.15) is 25.0 Å². The topological polar surface area (TPSA) is 99.9 Å². The van der Waals surface area contributed by atoms with Crippen LogP contribution in [0, 0.1) is 6.07 Å². The second-order valence-corrected chi connectivity index (χ2v) is 5.20. The van der Waals surface area contributed by atoms with Gasteiger partial charge in [0.25, 0.3) is 0 Å². The Balaban J connectivity index is 0.000000673. The summed E-state index contributed by atoms with van der Waals surface area (Å²) in [6.45, 7) is 2.69. The molecule has 0 bridgehead atoms. The Hall–Kier alpha value is -2.05. The Labute approximate surface area is 166 Å². The molecule has 0 saturated carbocycles. The second kappa shape index (κ2) is 12.3. The summed E-state index contributed by atoms with van der Waals surface area (Å²) in [4.78, 5) is 14.2. The van der Waals surface area contributed by atoms with Gasteiger partial charge in [0.15, 0.2) is 5.78 Å². The number of aromatic nitrogens is 1. The zero-order valence-corrected chi connectivity index (χ0v) is 17.2. The van der Waals surface area contributed by atoms with E-state index in [0.717, 1.165) is 5.56 Å². The molecule has 3 N–H and O–H groups in total. The van der Waals surface area contributed by atoms with E-state index in [9.17, 15) is 9.90 Å². The molecule has 26 heavy (non-hydrogen) atoms. The van der Waals surface area contributed by atoms with E-state index in [1.165, 1.54) is 19.9 Å². The number of hydrogen-bond acceptors (Lipinski definition) is 6. The molecule has 1 aromatic heterocycles. The van der Waals surface area contributed by atoms with E-state index in [2.05, 4.69) is 11.1 Å². The van der Waals surface area contributed by atoms with E-state index < -0.39 is 0 Å². The van der Waals surface area contributed by atoms with Crippen LogP contribution in [0.3, 0.4) is 0 Å². The van der Waals surface area contributed by atoms with Gasteiger partial charge in [-0.2, -0.15) is 0 Å². The first kappa shape index (κ1) is 23.9. The molecule has 0 unspecified atom stereocenters. The quantitative estimate of drug-likeness (QED) is 0.309. The van der Waals surface area contributed by atoms with Crippen molar-refractivity contribution in [3.05, 3.63) is 59.5 Å². The average Bonchev–Trinajstić information content (AvgIpc) is 2.60. The average molecular weight is 537 g/mol. The third-order valence-electron chi connectivity index (χ3n) is 3.08. The Morgan fingerprint density at radius 3 is 2.42 bits per heavy atom. The summed E-state index contributed by atoms with van der Waals surface area (Å²) >= 11 is 0. The number of benzene rings is 1. The predicted molar refractivity (Wildman–Crippen MR) is 94.0 cm³/mol. The van der Waals surface area contributed by atoms with Crippen LogP contribution in [-0.4, -0.2) is 33.2 Å². The van der Waals surface area contributed by atoms with Crippen LogP contribution in [-0.2, 0) is 38.1 Å². The molecule has 1 aromatic carbocycles. The number of rotatable bonds is 5. The number of ether oxygens (including phenoxy) is 1. The van der Waals surface area contributed by atoms with Crippen LogP contribution < -0.4 is 4.74 Å². The van der Waals surface area contributed by atoms with Gasteiger partial charge in [-0.25, -0.2) is 0 Å². The molecule has 143 valence electrons. The van der Waals surface area contributed by atoms with E-state index in [1.807, 2.05) is 0 Å². The number of carbonyl (C=O) groups is 1. The first-order valence-electron chi connectivity index (χ1n) is 7.54. The van der Waals surface area contributed by atoms with Crippen LogP contribution in [0.4, 0.5) is 0 Å². The van der Waals surface area contributed by atoms with Crippen molar-refractivity contribution in [2.24, 2.45) is 0 Å². The summed E-state index contributed by atoms with van der Waals surface area (Å²) in [5, 5.41) is 26.8. The first-order valence-corrected chi connectivity index (χ1v) is 7.54. The minimum atomic E-state index is -0.125. The molecule has 0 aliphatic heterocycles. The maximum absolute atomic E-state index is 10.0. The van der Waals surface area contributed by atoms with Gasteiger partial charge in [-0.1, -0.05) is 17.7 Å². The van der Waals surface area contributed by atoms with Crippen LogP contribution >= 0.6 is 0 Å². The van der Waals surface area contributed by atoms with Gasteiger partial charge >= 0.3 is 0 Å². The monoisotopic (exact) mass is 537 g/mol. The Morgan fingerprint density at radius 1 is 1.27 bits per heavy atom. The number of aliphatic hydroxyl groups excluding tert-OH is 3. The number of pyridine rings is 1. The van der Waals surface area contributed by atoms with Gasteiger partial charge in [-0.15, -0.1) is 17.7 Å². The Morgan fingerprint density at radius 2 is 1.96 bits per heavy atom. The number of ketones is 1. The number of carbonyl (C=O) groups excluding carboxylic acids is 1. The zero-order chi connectivity index (χ0) is 18.8. The molecule has 0 fully saturated rings. The van der Waals surface area contributed by atoms with Crippen molar-refractivity contribution in [1.29, 1.82) is 0 Å².